The van der Waals surface area contributed by atoms with Crippen LogP contribution in [-0.4, -0.2) is 26.5 Å². The summed E-state index contributed by atoms with van der Waals surface area (Å²) in [5.41, 5.74) is -6.21. The second-order valence-electron chi connectivity index (χ2n) is 5.26. The van der Waals surface area contributed by atoms with Crippen molar-refractivity contribution in [3.05, 3.63) is 41.2 Å². The highest BCUT2D eigenvalue weighted by Crippen LogP contribution is 2.38. The predicted molar refractivity (Wildman–Crippen MR) is 84.6 cm³/mol. The van der Waals surface area contributed by atoms with Crippen LogP contribution in [0.1, 0.15) is 18.1 Å². The quantitative estimate of drug-likeness (QED) is 0.335. The van der Waals surface area contributed by atoms with Crippen LogP contribution in [0.25, 0.3) is 10.8 Å². The Balaban J connectivity index is 2.75. The topological polar surface area (TPSA) is 69.7 Å². The zero-order valence-corrected chi connectivity index (χ0v) is 14.5. The van der Waals surface area contributed by atoms with Gasteiger partial charge in [-0.05, 0) is 19.4 Å². The van der Waals surface area contributed by atoms with Gasteiger partial charge in [-0.25, -0.2) is 4.39 Å². The van der Waals surface area contributed by atoms with Gasteiger partial charge in [-0.2, -0.15) is 21.6 Å². The Labute approximate surface area is 146 Å². The van der Waals surface area contributed by atoms with Crippen LogP contribution in [0.15, 0.2) is 24.3 Å². The fourth-order valence-electron chi connectivity index (χ4n) is 2.36. The molecule has 0 fully saturated rings. The molecule has 0 aliphatic carbocycles. The molecule has 0 heterocycles. The maximum Gasteiger partial charge on any atom is 0.534 e. The van der Waals surface area contributed by atoms with Gasteiger partial charge in [0, 0.05) is 16.3 Å². The number of ether oxygens (including phenoxy) is 1. The molecule has 0 aromatic heterocycles. The van der Waals surface area contributed by atoms with Crippen molar-refractivity contribution in [2.75, 3.05) is 6.61 Å². The number of carbonyl (C=O) groups excluding carboxylic acids is 1. The Morgan fingerprint density at radius 2 is 1.73 bits per heavy atom. The maximum atomic E-state index is 14.6. The molecule has 2 aromatic rings. The van der Waals surface area contributed by atoms with E-state index in [-0.39, 0.29) is 28.5 Å². The average molecular weight is 394 g/mol. The van der Waals surface area contributed by atoms with Gasteiger partial charge in [0.1, 0.15) is 5.82 Å². The zero-order chi connectivity index (χ0) is 19.7. The van der Waals surface area contributed by atoms with Crippen molar-refractivity contribution in [1.82, 2.24) is 0 Å². The molecule has 0 aliphatic heterocycles. The number of alkyl halides is 3. The molecule has 142 valence electrons. The average Bonchev–Trinajstić information content (AvgIpc) is 2.55. The highest BCUT2D eigenvalue weighted by Gasteiger charge is 2.49. The monoisotopic (exact) mass is 394 g/mol. The molecular formula is C16H14F4O5S. The normalized spacial score (nSPS) is 12.2. The second kappa shape index (κ2) is 7.10. The van der Waals surface area contributed by atoms with Crippen molar-refractivity contribution in [2.45, 2.75) is 25.8 Å². The summed E-state index contributed by atoms with van der Waals surface area (Å²) in [6.45, 7) is 2.71. The van der Waals surface area contributed by atoms with Crippen LogP contribution in [0.2, 0.25) is 0 Å². The van der Waals surface area contributed by atoms with E-state index in [1.165, 1.54) is 38.1 Å². The Morgan fingerprint density at radius 1 is 1.15 bits per heavy atom. The van der Waals surface area contributed by atoms with Gasteiger partial charge in [0.05, 0.1) is 13.0 Å². The Morgan fingerprint density at radius 3 is 2.27 bits per heavy atom. The number of fused-ring (bicyclic) bond motifs is 1. The zero-order valence-electron chi connectivity index (χ0n) is 13.7. The van der Waals surface area contributed by atoms with Gasteiger partial charge < -0.3 is 8.92 Å². The molecule has 0 bridgehead atoms. The van der Waals surface area contributed by atoms with Crippen LogP contribution in [0.4, 0.5) is 17.6 Å². The van der Waals surface area contributed by atoms with Crippen LogP contribution in [0, 0.1) is 12.7 Å². The van der Waals surface area contributed by atoms with E-state index in [0.717, 1.165) is 0 Å². The lowest BCUT2D eigenvalue weighted by Crippen LogP contribution is -2.29. The number of carbonyl (C=O) groups is 1. The van der Waals surface area contributed by atoms with Gasteiger partial charge >= 0.3 is 21.6 Å². The van der Waals surface area contributed by atoms with Crippen molar-refractivity contribution in [2.24, 2.45) is 0 Å². The SMILES string of the molecule is CCOC(=O)Cc1c(C)c(F)c2ccccc2c1OS(=O)(=O)C(F)(F)F. The Kier molecular flexibility index (Phi) is 5.45. The van der Waals surface area contributed by atoms with Crippen molar-refractivity contribution >= 4 is 26.9 Å². The molecule has 0 saturated carbocycles. The summed E-state index contributed by atoms with van der Waals surface area (Å²) < 4.78 is 84.7. The molecule has 0 unspecified atom stereocenters. The third-order valence-corrected chi connectivity index (χ3v) is 4.52. The van der Waals surface area contributed by atoms with E-state index in [2.05, 4.69) is 4.18 Å². The molecule has 0 saturated heterocycles. The molecular weight excluding hydrogens is 380 g/mol. The number of esters is 1. The van der Waals surface area contributed by atoms with Crippen LogP contribution in [-0.2, 0) is 26.1 Å². The van der Waals surface area contributed by atoms with Gasteiger partial charge in [0.15, 0.2) is 5.75 Å². The van der Waals surface area contributed by atoms with Gasteiger partial charge in [-0.1, -0.05) is 24.3 Å². The lowest BCUT2D eigenvalue weighted by atomic mass is 9.97. The number of hydrogen-bond acceptors (Lipinski definition) is 5. The molecule has 5 nitrogen and oxygen atoms in total. The molecule has 0 radical (unpaired) electrons. The summed E-state index contributed by atoms with van der Waals surface area (Å²) in [7, 11) is -6.02. The Hall–Kier alpha value is -2.36. The molecule has 10 heteroatoms. The first kappa shape index (κ1) is 20.0. The minimum absolute atomic E-state index is 0.00894. The summed E-state index contributed by atoms with van der Waals surface area (Å²) in [6, 6.07) is 5.27. The van der Waals surface area contributed by atoms with Gasteiger partial charge in [-0.15, -0.1) is 0 Å². The summed E-state index contributed by atoms with van der Waals surface area (Å²) in [5, 5.41) is -0.340. The van der Waals surface area contributed by atoms with Crippen molar-refractivity contribution in [1.29, 1.82) is 0 Å². The van der Waals surface area contributed by atoms with Crippen LogP contribution >= 0.6 is 0 Å². The first-order valence-electron chi connectivity index (χ1n) is 7.35. The third-order valence-electron chi connectivity index (χ3n) is 3.57. The molecule has 0 N–H and O–H groups in total. The van der Waals surface area contributed by atoms with Gasteiger partial charge in [-0.3, -0.25) is 4.79 Å². The highest BCUT2D eigenvalue weighted by atomic mass is 32.2. The fourth-order valence-corrected chi connectivity index (χ4v) is 2.87. The summed E-state index contributed by atoms with van der Waals surface area (Å²) in [6.07, 6.45) is -0.649. The van der Waals surface area contributed by atoms with Crippen LogP contribution < -0.4 is 4.18 Å². The van der Waals surface area contributed by atoms with E-state index < -0.39 is 39.6 Å². The van der Waals surface area contributed by atoms with Gasteiger partial charge in [0.25, 0.3) is 0 Å². The number of rotatable bonds is 5. The molecule has 2 aromatic carbocycles. The lowest BCUT2D eigenvalue weighted by molar-refractivity contribution is -0.142. The highest BCUT2D eigenvalue weighted by molar-refractivity contribution is 7.88. The lowest BCUT2D eigenvalue weighted by Gasteiger charge is -2.18. The first-order chi connectivity index (χ1) is 12.0. The van der Waals surface area contributed by atoms with Crippen LogP contribution in [0.5, 0.6) is 5.75 Å². The van der Waals surface area contributed by atoms with Crippen LogP contribution in [0.3, 0.4) is 0 Å². The minimum Gasteiger partial charge on any atom is -0.466 e. The minimum atomic E-state index is -6.02. The molecule has 0 amide bonds. The smallest absolute Gasteiger partial charge is 0.466 e. The summed E-state index contributed by atoms with van der Waals surface area (Å²) >= 11 is 0. The number of benzene rings is 2. The van der Waals surface area contributed by atoms with E-state index in [4.69, 9.17) is 4.74 Å². The van der Waals surface area contributed by atoms with E-state index in [0.29, 0.717) is 0 Å². The van der Waals surface area contributed by atoms with E-state index >= 15 is 0 Å². The van der Waals surface area contributed by atoms with E-state index in [9.17, 15) is 30.8 Å². The predicted octanol–water partition coefficient (Wildman–Crippen LogP) is 3.62. The second-order valence-corrected chi connectivity index (χ2v) is 6.80. The molecule has 0 aliphatic rings. The van der Waals surface area contributed by atoms with Crippen molar-refractivity contribution in [3.8, 4) is 5.75 Å². The summed E-state index contributed by atoms with van der Waals surface area (Å²) in [4.78, 5) is 11.8. The molecule has 26 heavy (non-hydrogen) atoms. The van der Waals surface area contributed by atoms with E-state index in [1.807, 2.05) is 0 Å². The molecule has 2 rings (SSSR count). The summed E-state index contributed by atoms with van der Waals surface area (Å²) in [5.74, 6) is -2.40. The first-order valence-corrected chi connectivity index (χ1v) is 8.76. The standard InChI is InChI=1S/C16H14F4O5S/c1-3-24-13(21)8-12-9(2)14(17)10-6-4-5-7-11(10)15(12)25-26(22,23)16(18,19)20/h4-7H,3,8H2,1-2H3. The van der Waals surface area contributed by atoms with E-state index in [1.54, 1.807) is 0 Å². The van der Waals surface area contributed by atoms with Crippen molar-refractivity contribution in [3.63, 3.8) is 0 Å². The number of halogens is 4. The largest absolute Gasteiger partial charge is 0.534 e. The number of hydrogen-bond donors (Lipinski definition) is 0. The molecule has 0 atom stereocenters. The third kappa shape index (κ3) is 3.74. The Bertz CT molecular complexity index is 951. The van der Waals surface area contributed by atoms with Crippen molar-refractivity contribution < 1.29 is 39.7 Å². The fraction of sp³-hybridized carbons (Fsp3) is 0.312. The van der Waals surface area contributed by atoms with Gasteiger partial charge in [0.2, 0.25) is 0 Å². The maximum absolute atomic E-state index is 14.6. The molecule has 0 spiro atoms.